The third kappa shape index (κ3) is 2.42. The molecule has 1 aromatic carbocycles. The van der Waals surface area contributed by atoms with Gasteiger partial charge in [-0.2, -0.15) is 0 Å². The molecule has 0 fully saturated rings. The molecule has 0 amide bonds. The monoisotopic (exact) mass is 198 g/mol. The van der Waals surface area contributed by atoms with E-state index in [1.165, 1.54) is 11.1 Å². The quantitative estimate of drug-likeness (QED) is 0.819. The lowest BCUT2D eigenvalue weighted by Gasteiger charge is -2.03. The fourth-order valence-corrected chi connectivity index (χ4v) is 1.55. The van der Waals surface area contributed by atoms with Crippen molar-refractivity contribution in [3.63, 3.8) is 0 Å². The van der Waals surface area contributed by atoms with Gasteiger partial charge in [-0.15, -0.1) is 0 Å². The molecule has 0 aliphatic heterocycles. The number of rotatable bonds is 3. The first-order valence-corrected chi connectivity index (χ1v) is 5.04. The Hall–Kier alpha value is -1.67. The molecule has 2 heteroatoms. The zero-order valence-corrected chi connectivity index (χ0v) is 8.77. The van der Waals surface area contributed by atoms with Crippen molar-refractivity contribution in [2.75, 3.05) is 7.05 Å². The fourth-order valence-electron chi connectivity index (χ4n) is 1.55. The molecule has 0 saturated heterocycles. The maximum absolute atomic E-state index is 4.11. The van der Waals surface area contributed by atoms with Crippen LogP contribution in [0.15, 0.2) is 48.8 Å². The Kier molecular flexibility index (Phi) is 3.10. The standard InChI is InChI=1S/C13H14N2/c1-14-9-11-4-6-12(7-5-11)13-3-2-8-15-10-13/h2-8,10,14H,9H2,1H3. The molecule has 1 heterocycles. The largest absolute Gasteiger partial charge is 0.316 e. The summed E-state index contributed by atoms with van der Waals surface area (Å²) in [4.78, 5) is 4.11. The van der Waals surface area contributed by atoms with E-state index in [1.807, 2.05) is 19.3 Å². The maximum Gasteiger partial charge on any atom is 0.0346 e. The van der Waals surface area contributed by atoms with Gasteiger partial charge in [0.05, 0.1) is 0 Å². The Morgan fingerprint density at radius 1 is 1.07 bits per heavy atom. The van der Waals surface area contributed by atoms with Crippen LogP contribution in [0.3, 0.4) is 0 Å². The van der Waals surface area contributed by atoms with Crippen LogP contribution in [-0.4, -0.2) is 12.0 Å². The lowest BCUT2D eigenvalue weighted by molar-refractivity contribution is 0.818. The molecule has 2 nitrogen and oxygen atoms in total. The molecule has 1 N–H and O–H groups in total. The number of pyridine rings is 1. The van der Waals surface area contributed by atoms with Crippen LogP contribution in [0.1, 0.15) is 5.56 Å². The summed E-state index contributed by atoms with van der Waals surface area (Å²) in [5, 5.41) is 3.13. The Labute approximate surface area is 90.0 Å². The maximum atomic E-state index is 4.11. The minimum Gasteiger partial charge on any atom is -0.316 e. The summed E-state index contributed by atoms with van der Waals surface area (Å²) in [6.07, 6.45) is 3.67. The summed E-state index contributed by atoms with van der Waals surface area (Å²) in [6.45, 7) is 0.910. The van der Waals surface area contributed by atoms with Gasteiger partial charge in [-0.05, 0) is 29.8 Å². The Balaban J connectivity index is 2.24. The molecule has 2 rings (SSSR count). The van der Waals surface area contributed by atoms with Gasteiger partial charge in [0.2, 0.25) is 0 Å². The van der Waals surface area contributed by atoms with Crippen molar-refractivity contribution in [3.8, 4) is 11.1 Å². The van der Waals surface area contributed by atoms with E-state index in [-0.39, 0.29) is 0 Å². The van der Waals surface area contributed by atoms with E-state index in [9.17, 15) is 0 Å². The second kappa shape index (κ2) is 4.71. The van der Waals surface area contributed by atoms with Crippen LogP contribution in [0.25, 0.3) is 11.1 Å². The molecule has 2 aromatic rings. The lowest BCUT2D eigenvalue weighted by atomic mass is 10.1. The van der Waals surface area contributed by atoms with Gasteiger partial charge in [0.25, 0.3) is 0 Å². The van der Waals surface area contributed by atoms with Gasteiger partial charge in [0.1, 0.15) is 0 Å². The van der Waals surface area contributed by atoms with E-state index >= 15 is 0 Å². The molecule has 0 aliphatic carbocycles. The minimum atomic E-state index is 0.910. The molecule has 0 unspecified atom stereocenters. The molecule has 0 saturated carbocycles. The molecule has 15 heavy (non-hydrogen) atoms. The van der Waals surface area contributed by atoms with Crippen molar-refractivity contribution < 1.29 is 0 Å². The van der Waals surface area contributed by atoms with Crippen molar-refractivity contribution >= 4 is 0 Å². The van der Waals surface area contributed by atoms with Gasteiger partial charge >= 0.3 is 0 Å². The number of benzene rings is 1. The second-order valence-electron chi connectivity index (χ2n) is 3.47. The lowest BCUT2D eigenvalue weighted by Crippen LogP contribution is -2.04. The first kappa shape index (κ1) is 9.87. The number of nitrogens with zero attached hydrogens (tertiary/aromatic N) is 1. The summed E-state index contributed by atoms with van der Waals surface area (Å²) in [5.41, 5.74) is 3.67. The second-order valence-corrected chi connectivity index (χ2v) is 3.47. The number of nitrogens with one attached hydrogen (secondary N) is 1. The van der Waals surface area contributed by atoms with E-state index in [2.05, 4.69) is 40.6 Å². The van der Waals surface area contributed by atoms with Gasteiger partial charge in [0, 0.05) is 18.9 Å². The molecule has 1 aromatic heterocycles. The molecular formula is C13H14N2. The Bertz CT molecular complexity index is 406. The molecule has 0 radical (unpaired) electrons. The summed E-state index contributed by atoms with van der Waals surface area (Å²) in [7, 11) is 1.95. The molecule has 0 atom stereocenters. The number of aromatic nitrogens is 1. The highest BCUT2D eigenvalue weighted by atomic mass is 14.8. The Morgan fingerprint density at radius 2 is 1.87 bits per heavy atom. The van der Waals surface area contributed by atoms with E-state index in [4.69, 9.17) is 0 Å². The Morgan fingerprint density at radius 3 is 2.47 bits per heavy atom. The van der Waals surface area contributed by atoms with Crippen LogP contribution in [0.5, 0.6) is 0 Å². The first-order valence-electron chi connectivity index (χ1n) is 5.04. The number of hydrogen-bond acceptors (Lipinski definition) is 2. The molecule has 0 spiro atoms. The highest BCUT2D eigenvalue weighted by molar-refractivity contribution is 5.62. The summed E-state index contributed by atoms with van der Waals surface area (Å²) in [6, 6.07) is 12.6. The van der Waals surface area contributed by atoms with Crippen LogP contribution in [-0.2, 0) is 6.54 Å². The van der Waals surface area contributed by atoms with Crippen LogP contribution >= 0.6 is 0 Å². The van der Waals surface area contributed by atoms with Crippen molar-refractivity contribution in [2.24, 2.45) is 0 Å². The topological polar surface area (TPSA) is 24.9 Å². The van der Waals surface area contributed by atoms with Crippen molar-refractivity contribution in [2.45, 2.75) is 6.54 Å². The molecule has 0 bridgehead atoms. The van der Waals surface area contributed by atoms with Crippen LogP contribution in [0.4, 0.5) is 0 Å². The third-order valence-electron chi connectivity index (χ3n) is 2.33. The van der Waals surface area contributed by atoms with E-state index < -0.39 is 0 Å². The van der Waals surface area contributed by atoms with Gasteiger partial charge in [-0.1, -0.05) is 30.3 Å². The highest BCUT2D eigenvalue weighted by Gasteiger charge is 1.96. The van der Waals surface area contributed by atoms with Crippen LogP contribution in [0, 0.1) is 0 Å². The fraction of sp³-hybridized carbons (Fsp3) is 0.154. The molecule has 0 aliphatic rings. The molecular weight excluding hydrogens is 184 g/mol. The predicted octanol–water partition coefficient (Wildman–Crippen LogP) is 2.47. The third-order valence-corrected chi connectivity index (χ3v) is 2.33. The smallest absolute Gasteiger partial charge is 0.0346 e. The normalized spacial score (nSPS) is 10.2. The van der Waals surface area contributed by atoms with Crippen LogP contribution in [0.2, 0.25) is 0 Å². The average Bonchev–Trinajstić information content (AvgIpc) is 2.32. The van der Waals surface area contributed by atoms with Crippen molar-refractivity contribution in [1.82, 2.24) is 10.3 Å². The van der Waals surface area contributed by atoms with Gasteiger partial charge in [-0.3, -0.25) is 4.98 Å². The predicted molar refractivity (Wildman–Crippen MR) is 62.4 cm³/mol. The van der Waals surface area contributed by atoms with E-state index in [1.54, 1.807) is 6.20 Å². The van der Waals surface area contributed by atoms with E-state index in [0.717, 1.165) is 12.1 Å². The zero-order valence-electron chi connectivity index (χ0n) is 8.77. The summed E-state index contributed by atoms with van der Waals surface area (Å²) < 4.78 is 0. The number of hydrogen-bond donors (Lipinski definition) is 1. The van der Waals surface area contributed by atoms with Gasteiger partial charge in [-0.25, -0.2) is 0 Å². The van der Waals surface area contributed by atoms with Crippen molar-refractivity contribution in [3.05, 3.63) is 54.4 Å². The molecule has 76 valence electrons. The SMILES string of the molecule is CNCc1ccc(-c2cccnc2)cc1. The van der Waals surface area contributed by atoms with Gasteiger partial charge in [0.15, 0.2) is 0 Å². The average molecular weight is 198 g/mol. The van der Waals surface area contributed by atoms with Gasteiger partial charge < -0.3 is 5.32 Å². The van der Waals surface area contributed by atoms with Crippen molar-refractivity contribution in [1.29, 1.82) is 0 Å². The van der Waals surface area contributed by atoms with Crippen LogP contribution < -0.4 is 5.32 Å². The summed E-state index contributed by atoms with van der Waals surface area (Å²) in [5.74, 6) is 0. The van der Waals surface area contributed by atoms with E-state index in [0.29, 0.717) is 0 Å². The zero-order chi connectivity index (χ0) is 10.5. The first-order chi connectivity index (χ1) is 7.40. The minimum absolute atomic E-state index is 0.910. The highest BCUT2D eigenvalue weighted by Crippen LogP contribution is 2.18. The summed E-state index contributed by atoms with van der Waals surface area (Å²) >= 11 is 0.